The van der Waals surface area contributed by atoms with E-state index in [1.165, 1.54) is 24.5 Å². The summed E-state index contributed by atoms with van der Waals surface area (Å²) in [6, 6.07) is 16.2. The number of aromatic nitrogens is 2. The lowest BCUT2D eigenvalue weighted by atomic mass is 9.45. The molecule has 51 heavy (non-hydrogen) atoms. The van der Waals surface area contributed by atoms with Crippen molar-refractivity contribution in [3.05, 3.63) is 88.7 Å². The Morgan fingerprint density at radius 2 is 1.94 bits per heavy atom. The van der Waals surface area contributed by atoms with Gasteiger partial charge in [0.2, 0.25) is 0 Å². The molecule has 2 aromatic heterocycles. The number of carbonyl (C=O) groups is 1. The first-order chi connectivity index (χ1) is 24.4. The number of ether oxygens (including phenoxy) is 1. The summed E-state index contributed by atoms with van der Waals surface area (Å²) >= 11 is 0. The van der Waals surface area contributed by atoms with Crippen molar-refractivity contribution in [2.45, 2.75) is 65.6 Å². The van der Waals surface area contributed by atoms with Crippen LogP contribution in [0.1, 0.15) is 46.1 Å². The number of fused-ring (bicyclic) bond motifs is 3. The highest BCUT2D eigenvalue weighted by atomic mass is 19.1. The largest absolute Gasteiger partial charge is 0.497 e. The minimum Gasteiger partial charge on any atom is -0.497 e. The fourth-order valence-corrected chi connectivity index (χ4v) is 8.71. The molecule has 1 aliphatic heterocycles. The maximum atomic E-state index is 14.9. The highest BCUT2D eigenvalue weighted by Crippen LogP contribution is 2.61. The lowest BCUT2D eigenvalue weighted by Crippen LogP contribution is -2.58. The van der Waals surface area contributed by atoms with Gasteiger partial charge in [-0.2, -0.15) is 0 Å². The van der Waals surface area contributed by atoms with Crippen molar-refractivity contribution >= 4 is 28.5 Å². The summed E-state index contributed by atoms with van der Waals surface area (Å²) in [6.45, 7) is 10.7. The van der Waals surface area contributed by atoms with Gasteiger partial charge in [-0.05, 0) is 103 Å². The Hall–Kier alpha value is -4.93. The van der Waals surface area contributed by atoms with Gasteiger partial charge in [-0.1, -0.05) is 26.8 Å². The molecular weight excluding hydrogens is 647 g/mol. The van der Waals surface area contributed by atoms with Crippen LogP contribution in [0.4, 0.5) is 14.9 Å². The summed E-state index contributed by atoms with van der Waals surface area (Å²) in [6.07, 6.45) is 5.13. The van der Waals surface area contributed by atoms with Crippen LogP contribution in [0.15, 0.2) is 76.8 Å². The van der Waals surface area contributed by atoms with E-state index in [1.807, 2.05) is 43.3 Å². The van der Waals surface area contributed by atoms with Crippen LogP contribution >= 0.6 is 0 Å². The Bertz CT molecular complexity index is 2030. The molecular formula is C40H47FN6O4. The fourth-order valence-electron chi connectivity index (χ4n) is 8.71. The molecule has 10 nitrogen and oxygen atoms in total. The Morgan fingerprint density at radius 1 is 1.12 bits per heavy atom. The number of guanidine groups is 1. The molecule has 2 N–H and O–H groups in total. The van der Waals surface area contributed by atoms with Gasteiger partial charge in [0, 0.05) is 67.3 Å². The minimum absolute atomic E-state index is 0.164. The Kier molecular flexibility index (Phi) is 9.24. The first kappa shape index (κ1) is 34.5. The summed E-state index contributed by atoms with van der Waals surface area (Å²) in [5.74, 6) is 2.52. The van der Waals surface area contributed by atoms with Gasteiger partial charge in [-0.15, -0.1) is 0 Å². The molecule has 4 fully saturated rings. The van der Waals surface area contributed by atoms with Crippen LogP contribution in [-0.4, -0.2) is 75.3 Å². The summed E-state index contributed by atoms with van der Waals surface area (Å²) in [4.78, 5) is 39.4. The number of halogens is 1. The molecule has 1 saturated heterocycles. The van der Waals surface area contributed by atoms with Crippen LogP contribution in [0, 0.1) is 29.0 Å². The van der Waals surface area contributed by atoms with Crippen LogP contribution < -0.4 is 15.6 Å². The zero-order valence-electron chi connectivity index (χ0n) is 30.0. The van der Waals surface area contributed by atoms with E-state index in [-0.39, 0.29) is 30.0 Å². The third kappa shape index (κ3) is 6.54. The molecule has 2 aromatic carbocycles. The van der Waals surface area contributed by atoms with Crippen molar-refractivity contribution in [3.63, 3.8) is 0 Å². The van der Waals surface area contributed by atoms with Gasteiger partial charge in [0.25, 0.3) is 5.56 Å². The molecule has 3 heterocycles. The number of anilines is 1. The number of hydrogen-bond acceptors (Lipinski definition) is 5. The van der Waals surface area contributed by atoms with Crippen molar-refractivity contribution in [2.24, 2.45) is 28.2 Å². The van der Waals surface area contributed by atoms with Gasteiger partial charge in [0.15, 0.2) is 5.96 Å². The van der Waals surface area contributed by atoms with Crippen LogP contribution in [0.2, 0.25) is 0 Å². The number of rotatable bonds is 7. The average Bonchev–Trinajstić information content (AvgIpc) is 3.11. The molecule has 268 valence electrons. The number of carboxylic acid groups (broad SMARTS) is 1. The highest BCUT2D eigenvalue weighted by Gasteiger charge is 2.56. The number of benzene rings is 2. The number of hydrogen-bond donors (Lipinski definition) is 2. The maximum Gasteiger partial charge on any atom is 0.407 e. The third-order valence-corrected chi connectivity index (χ3v) is 12.0. The van der Waals surface area contributed by atoms with E-state index in [9.17, 15) is 19.1 Å². The number of pyridine rings is 2. The van der Waals surface area contributed by atoms with Gasteiger partial charge in [0.05, 0.1) is 18.8 Å². The van der Waals surface area contributed by atoms with E-state index in [1.54, 1.807) is 29.1 Å². The average molecular weight is 695 g/mol. The van der Waals surface area contributed by atoms with Crippen LogP contribution in [0.25, 0.3) is 22.0 Å². The lowest BCUT2D eigenvalue weighted by Gasteiger charge is -2.61. The number of piperazine rings is 1. The molecule has 1 amide bonds. The summed E-state index contributed by atoms with van der Waals surface area (Å²) in [5, 5.41) is 14.7. The summed E-state index contributed by atoms with van der Waals surface area (Å²) in [5.41, 5.74) is 2.93. The van der Waals surface area contributed by atoms with Gasteiger partial charge < -0.3 is 29.5 Å². The zero-order chi connectivity index (χ0) is 36.0. The van der Waals surface area contributed by atoms with Gasteiger partial charge in [-0.3, -0.25) is 9.78 Å². The van der Waals surface area contributed by atoms with Crippen LogP contribution in [-0.2, 0) is 13.0 Å². The number of aliphatic imine (C=N–C) groups is 1. The van der Waals surface area contributed by atoms with Crippen LogP contribution in [0.3, 0.4) is 0 Å². The maximum absolute atomic E-state index is 14.9. The van der Waals surface area contributed by atoms with E-state index in [0.29, 0.717) is 71.6 Å². The van der Waals surface area contributed by atoms with E-state index >= 15 is 0 Å². The van der Waals surface area contributed by atoms with Crippen molar-refractivity contribution in [3.8, 4) is 17.0 Å². The second kappa shape index (κ2) is 13.7. The van der Waals surface area contributed by atoms with Gasteiger partial charge in [0.1, 0.15) is 11.6 Å². The predicted octanol–water partition coefficient (Wildman–Crippen LogP) is 6.98. The van der Waals surface area contributed by atoms with E-state index < -0.39 is 6.09 Å². The Morgan fingerprint density at radius 3 is 2.61 bits per heavy atom. The molecule has 8 rings (SSSR count). The van der Waals surface area contributed by atoms with Crippen molar-refractivity contribution in [1.29, 1.82) is 0 Å². The molecule has 0 radical (unpaired) electrons. The predicted molar refractivity (Wildman–Crippen MR) is 198 cm³/mol. The molecule has 0 unspecified atom stereocenters. The molecule has 2 bridgehead atoms. The zero-order valence-corrected chi connectivity index (χ0v) is 30.0. The van der Waals surface area contributed by atoms with Crippen molar-refractivity contribution in [2.75, 3.05) is 32.1 Å². The van der Waals surface area contributed by atoms with Gasteiger partial charge >= 0.3 is 6.09 Å². The number of amides is 1. The van der Waals surface area contributed by atoms with E-state index in [2.05, 4.69) is 36.0 Å². The number of nitrogens with zero attached hydrogens (tertiary/aromatic N) is 5. The van der Waals surface area contributed by atoms with Gasteiger partial charge in [-0.25, -0.2) is 14.2 Å². The standard InChI is InChI=1S/C40H47FN6O4/c1-24-23-45(15-16-46(24)39(49)50)38(44-35-20-29-19-33(25(35)2)40(29,3)4)43-30-9-11-32-28(17-30)18-36(27-7-6-13-42-22-27)47(37(32)48)14-12-26-8-10-31(51-5)21-34(26)41/h6-11,13,17-18,21-22,24-25,29,33,35H,12,14-16,19-20,23H2,1-5H3,(H,43,44)(H,49,50)/t24-,25-,29-,33+,35-/m0/s1. The van der Waals surface area contributed by atoms with Crippen molar-refractivity contribution in [1.82, 2.24) is 19.4 Å². The molecule has 4 aliphatic rings. The van der Waals surface area contributed by atoms with Crippen LogP contribution in [0.5, 0.6) is 5.75 Å². The molecule has 3 saturated carbocycles. The second-order valence-corrected chi connectivity index (χ2v) is 15.1. The third-order valence-electron chi connectivity index (χ3n) is 12.0. The number of methoxy groups -OCH3 is 1. The number of aryl methyl sites for hydroxylation is 1. The fraction of sp³-hybridized carbons (Fsp3) is 0.450. The molecule has 3 aliphatic carbocycles. The topological polar surface area (TPSA) is 112 Å². The highest BCUT2D eigenvalue weighted by molar-refractivity contribution is 5.97. The summed E-state index contributed by atoms with van der Waals surface area (Å²) in [7, 11) is 1.50. The monoisotopic (exact) mass is 694 g/mol. The quantitative estimate of drug-likeness (QED) is 0.159. The van der Waals surface area contributed by atoms with Crippen molar-refractivity contribution < 1.29 is 19.0 Å². The Balaban J connectivity index is 1.23. The first-order valence-electron chi connectivity index (χ1n) is 17.9. The van der Waals surface area contributed by atoms with E-state index in [0.717, 1.165) is 29.0 Å². The lowest BCUT2D eigenvalue weighted by molar-refractivity contribution is -0.108. The first-order valence-corrected chi connectivity index (χ1v) is 17.9. The van der Waals surface area contributed by atoms with E-state index in [4.69, 9.17) is 9.73 Å². The minimum atomic E-state index is -0.907. The Labute approximate surface area is 298 Å². The second-order valence-electron chi connectivity index (χ2n) is 15.1. The molecule has 11 heteroatoms. The molecule has 0 spiro atoms. The SMILES string of the molecule is COc1ccc(CCn2c(-c3cccnc3)cc3cc(N/C(=N/[C@H]4C[C@@H]5C[C@H]([C@@H]4C)C5(C)C)N4CCN(C(=O)O)[C@@H](C)C4)ccc3c2=O)c(F)c1. The normalized spacial score (nSPS) is 24.3. The summed E-state index contributed by atoms with van der Waals surface area (Å²) < 4.78 is 21.7. The molecule has 5 atom stereocenters. The number of nitrogens with one attached hydrogen (secondary N) is 1. The molecule has 4 aromatic rings. The smallest absolute Gasteiger partial charge is 0.407 e.